The van der Waals surface area contributed by atoms with Crippen LogP contribution in [0.1, 0.15) is 26.7 Å². The summed E-state index contributed by atoms with van der Waals surface area (Å²) in [4.78, 5) is 0.274. The minimum atomic E-state index is -3.50. The van der Waals surface area contributed by atoms with E-state index >= 15 is 0 Å². The Morgan fingerprint density at radius 1 is 1.15 bits per heavy atom. The van der Waals surface area contributed by atoms with Crippen molar-refractivity contribution in [1.82, 2.24) is 4.72 Å². The van der Waals surface area contributed by atoms with Crippen molar-refractivity contribution in [3.05, 3.63) is 24.3 Å². The van der Waals surface area contributed by atoms with E-state index in [-0.39, 0.29) is 11.4 Å². The SMILES string of the molecule is CCCCOCCNS(=O)(=O)c1ccccc1NCC. The van der Waals surface area contributed by atoms with Crippen LogP contribution in [-0.2, 0) is 14.8 Å². The standard InChI is InChI=1S/C14H24N2O3S/c1-3-5-11-19-12-10-16-20(17,18)14-9-7-6-8-13(14)15-4-2/h6-9,15-16H,3-5,10-12H2,1-2H3. The fourth-order valence-electron chi connectivity index (χ4n) is 1.71. The molecule has 0 fully saturated rings. The lowest BCUT2D eigenvalue weighted by molar-refractivity contribution is 0.136. The van der Waals surface area contributed by atoms with E-state index in [0.717, 1.165) is 12.8 Å². The molecule has 1 rings (SSSR count). The van der Waals surface area contributed by atoms with Crippen LogP contribution in [0.25, 0.3) is 0 Å². The summed E-state index contributed by atoms with van der Waals surface area (Å²) in [5.41, 5.74) is 0.620. The Bertz CT molecular complexity index is 489. The number of rotatable bonds is 10. The average Bonchev–Trinajstić information content (AvgIpc) is 2.43. The molecular weight excluding hydrogens is 276 g/mol. The van der Waals surface area contributed by atoms with Crippen LogP contribution in [0.15, 0.2) is 29.2 Å². The van der Waals surface area contributed by atoms with Crippen LogP contribution in [-0.4, -0.2) is 34.7 Å². The normalized spacial score (nSPS) is 11.5. The van der Waals surface area contributed by atoms with Crippen molar-refractivity contribution >= 4 is 15.7 Å². The van der Waals surface area contributed by atoms with Gasteiger partial charge in [-0.05, 0) is 25.5 Å². The first-order chi connectivity index (χ1) is 9.61. The highest BCUT2D eigenvalue weighted by molar-refractivity contribution is 7.89. The van der Waals surface area contributed by atoms with Crippen molar-refractivity contribution in [1.29, 1.82) is 0 Å². The maximum absolute atomic E-state index is 12.2. The van der Waals surface area contributed by atoms with Gasteiger partial charge in [-0.2, -0.15) is 0 Å². The second-order valence-electron chi connectivity index (χ2n) is 4.39. The third-order valence-corrected chi connectivity index (χ3v) is 4.24. The highest BCUT2D eigenvalue weighted by atomic mass is 32.2. The number of para-hydroxylation sites is 1. The quantitative estimate of drug-likeness (QED) is 0.650. The van der Waals surface area contributed by atoms with Gasteiger partial charge in [-0.1, -0.05) is 25.5 Å². The number of benzene rings is 1. The topological polar surface area (TPSA) is 67.4 Å². The Hall–Kier alpha value is -1.11. The number of anilines is 1. The van der Waals surface area contributed by atoms with Crippen LogP contribution in [0.5, 0.6) is 0 Å². The molecule has 5 nitrogen and oxygen atoms in total. The van der Waals surface area contributed by atoms with Crippen LogP contribution >= 0.6 is 0 Å². The lowest BCUT2D eigenvalue weighted by Crippen LogP contribution is -2.28. The second-order valence-corrected chi connectivity index (χ2v) is 6.13. The number of unbranched alkanes of at least 4 members (excludes halogenated alkanes) is 1. The van der Waals surface area contributed by atoms with E-state index in [9.17, 15) is 8.42 Å². The summed E-state index contributed by atoms with van der Waals surface area (Å²) < 4.78 is 32.3. The maximum atomic E-state index is 12.2. The lowest BCUT2D eigenvalue weighted by atomic mass is 10.3. The largest absolute Gasteiger partial charge is 0.384 e. The molecule has 0 aliphatic rings. The van der Waals surface area contributed by atoms with Gasteiger partial charge in [0.25, 0.3) is 0 Å². The van der Waals surface area contributed by atoms with Gasteiger partial charge in [0, 0.05) is 19.7 Å². The molecule has 0 atom stereocenters. The van der Waals surface area contributed by atoms with E-state index < -0.39 is 10.0 Å². The molecule has 20 heavy (non-hydrogen) atoms. The number of ether oxygens (including phenoxy) is 1. The van der Waals surface area contributed by atoms with Gasteiger partial charge in [-0.3, -0.25) is 0 Å². The van der Waals surface area contributed by atoms with Crippen LogP contribution < -0.4 is 10.0 Å². The van der Waals surface area contributed by atoms with Crippen molar-refractivity contribution in [2.75, 3.05) is 31.6 Å². The van der Waals surface area contributed by atoms with Crippen molar-refractivity contribution in [3.8, 4) is 0 Å². The van der Waals surface area contributed by atoms with Gasteiger partial charge in [0.1, 0.15) is 4.90 Å². The van der Waals surface area contributed by atoms with E-state index in [1.165, 1.54) is 0 Å². The summed E-state index contributed by atoms with van der Waals surface area (Å²) in [6.07, 6.45) is 2.07. The van der Waals surface area contributed by atoms with Crippen LogP contribution in [0, 0.1) is 0 Å². The summed E-state index contributed by atoms with van der Waals surface area (Å²) in [6, 6.07) is 6.88. The Morgan fingerprint density at radius 3 is 2.60 bits per heavy atom. The van der Waals surface area contributed by atoms with E-state index in [2.05, 4.69) is 17.0 Å². The minimum Gasteiger partial charge on any atom is -0.384 e. The molecule has 0 aliphatic heterocycles. The molecule has 0 radical (unpaired) electrons. The fourth-order valence-corrected chi connectivity index (χ4v) is 2.91. The fraction of sp³-hybridized carbons (Fsp3) is 0.571. The molecule has 6 heteroatoms. The molecule has 0 spiro atoms. The van der Waals surface area contributed by atoms with E-state index in [4.69, 9.17) is 4.74 Å². The molecular formula is C14H24N2O3S. The van der Waals surface area contributed by atoms with Gasteiger partial charge < -0.3 is 10.1 Å². The summed E-state index contributed by atoms with van der Waals surface area (Å²) in [7, 11) is -3.50. The summed E-state index contributed by atoms with van der Waals surface area (Å²) in [5.74, 6) is 0. The molecule has 114 valence electrons. The van der Waals surface area contributed by atoms with Crippen molar-refractivity contribution in [2.45, 2.75) is 31.6 Å². The van der Waals surface area contributed by atoms with Gasteiger partial charge >= 0.3 is 0 Å². The van der Waals surface area contributed by atoms with Crippen LogP contribution in [0.4, 0.5) is 5.69 Å². The Balaban J connectivity index is 2.56. The molecule has 0 saturated carbocycles. The zero-order valence-electron chi connectivity index (χ0n) is 12.2. The molecule has 1 aromatic carbocycles. The number of hydrogen-bond acceptors (Lipinski definition) is 4. The molecule has 0 heterocycles. The highest BCUT2D eigenvalue weighted by Gasteiger charge is 2.17. The Labute approximate surface area is 121 Å². The first-order valence-electron chi connectivity index (χ1n) is 7.02. The highest BCUT2D eigenvalue weighted by Crippen LogP contribution is 2.20. The van der Waals surface area contributed by atoms with Gasteiger partial charge in [-0.25, -0.2) is 13.1 Å². The number of nitrogens with one attached hydrogen (secondary N) is 2. The Morgan fingerprint density at radius 2 is 1.90 bits per heavy atom. The maximum Gasteiger partial charge on any atom is 0.242 e. The molecule has 2 N–H and O–H groups in total. The monoisotopic (exact) mass is 300 g/mol. The van der Waals surface area contributed by atoms with E-state index in [1.807, 2.05) is 13.0 Å². The Kier molecular flexibility index (Phi) is 7.58. The zero-order valence-corrected chi connectivity index (χ0v) is 13.0. The third-order valence-electron chi connectivity index (χ3n) is 2.72. The van der Waals surface area contributed by atoms with E-state index in [0.29, 0.717) is 25.4 Å². The summed E-state index contributed by atoms with van der Waals surface area (Å²) in [6.45, 7) is 6.04. The summed E-state index contributed by atoms with van der Waals surface area (Å²) >= 11 is 0. The van der Waals surface area contributed by atoms with Gasteiger partial charge in [-0.15, -0.1) is 0 Å². The van der Waals surface area contributed by atoms with E-state index in [1.54, 1.807) is 18.2 Å². The zero-order chi connectivity index (χ0) is 14.8. The third kappa shape index (κ3) is 5.48. The molecule has 0 aromatic heterocycles. The smallest absolute Gasteiger partial charge is 0.242 e. The first kappa shape index (κ1) is 16.9. The number of hydrogen-bond donors (Lipinski definition) is 2. The number of sulfonamides is 1. The molecule has 0 aliphatic carbocycles. The van der Waals surface area contributed by atoms with Crippen molar-refractivity contribution in [3.63, 3.8) is 0 Å². The molecule has 0 unspecified atom stereocenters. The van der Waals surface area contributed by atoms with Crippen LogP contribution in [0.2, 0.25) is 0 Å². The molecule has 0 amide bonds. The van der Waals surface area contributed by atoms with Crippen molar-refractivity contribution < 1.29 is 13.2 Å². The molecule has 1 aromatic rings. The lowest BCUT2D eigenvalue weighted by Gasteiger charge is -2.12. The van der Waals surface area contributed by atoms with Crippen molar-refractivity contribution in [2.24, 2.45) is 0 Å². The van der Waals surface area contributed by atoms with Gasteiger partial charge in [0.2, 0.25) is 10.0 Å². The molecule has 0 saturated heterocycles. The van der Waals surface area contributed by atoms with Gasteiger partial charge in [0.15, 0.2) is 0 Å². The predicted octanol–water partition coefficient (Wildman–Crippen LogP) is 2.21. The first-order valence-corrected chi connectivity index (χ1v) is 8.50. The van der Waals surface area contributed by atoms with Gasteiger partial charge in [0.05, 0.1) is 12.3 Å². The molecule has 0 bridgehead atoms. The van der Waals surface area contributed by atoms with Crippen LogP contribution in [0.3, 0.4) is 0 Å². The predicted molar refractivity (Wildman–Crippen MR) is 81.5 cm³/mol. The summed E-state index contributed by atoms with van der Waals surface area (Å²) in [5, 5.41) is 3.05. The average molecular weight is 300 g/mol. The second kappa shape index (κ2) is 8.94. The minimum absolute atomic E-state index is 0.274.